The molecule has 0 aromatic heterocycles. The van der Waals surface area contributed by atoms with Gasteiger partial charge in [0.05, 0.1) is 6.10 Å². The minimum absolute atomic E-state index is 0.194. The van der Waals surface area contributed by atoms with E-state index in [0.717, 1.165) is 17.7 Å². The summed E-state index contributed by atoms with van der Waals surface area (Å²) < 4.78 is 46.8. The molecule has 1 atom stereocenters. The highest BCUT2D eigenvalue weighted by molar-refractivity contribution is 5.35. The fraction of sp³-hybridized carbons (Fsp3) is 0.429. The van der Waals surface area contributed by atoms with Crippen molar-refractivity contribution in [2.24, 2.45) is 0 Å². The molecule has 28 heavy (non-hydrogen) atoms. The van der Waals surface area contributed by atoms with Gasteiger partial charge in [-0.25, -0.2) is 0 Å². The Balaban J connectivity index is 1.93. The van der Waals surface area contributed by atoms with Gasteiger partial charge in [-0.3, -0.25) is 0 Å². The molecule has 1 N–H and O–H groups in total. The van der Waals surface area contributed by atoms with E-state index >= 15 is 0 Å². The molecule has 7 heteroatoms. The van der Waals surface area contributed by atoms with Gasteiger partial charge in [0.2, 0.25) is 0 Å². The van der Waals surface area contributed by atoms with Gasteiger partial charge in [0.15, 0.2) is 0 Å². The van der Waals surface area contributed by atoms with E-state index < -0.39 is 12.5 Å². The number of aryl methyl sites for hydroxylation is 2. The van der Waals surface area contributed by atoms with Crippen LogP contribution in [0.4, 0.5) is 13.2 Å². The molecule has 0 radical (unpaired) electrons. The van der Waals surface area contributed by atoms with Crippen molar-refractivity contribution >= 4 is 0 Å². The van der Waals surface area contributed by atoms with E-state index in [1.54, 1.807) is 12.1 Å². The molecule has 0 bridgehead atoms. The number of alkyl halides is 3. The van der Waals surface area contributed by atoms with Gasteiger partial charge < -0.3 is 19.5 Å². The van der Waals surface area contributed by atoms with Gasteiger partial charge in [0.1, 0.15) is 18.1 Å². The van der Waals surface area contributed by atoms with Gasteiger partial charge in [0.25, 0.3) is 0 Å². The summed E-state index contributed by atoms with van der Waals surface area (Å²) in [6.07, 6.45) is -3.52. The number of aliphatic hydroxyl groups is 1. The molecule has 0 heterocycles. The molecule has 2 rings (SSSR count). The van der Waals surface area contributed by atoms with Gasteiger partial charge in [0, 0.05) is 6.54 Å². The molecule has 0 spiro atoms. The molecule has 0 aliphatic carbocycles. The topological polar surface area (TPSA) is 41.9 Å². The van der Waals surface area contributed by atoms with Crippen LogP contribution in [0, 0.1) is 0 Å². The lowest BCUT2D eigenvalue weighted by atomic mass is 10.0. The molecule has 0 saturated heterocycles. The quantitative estimate of drug-likeness (QED) is 0.657. The molecule has 0 aliphatic rings. The molecule has 0 saturated carbocycles. The van der Waals surface area contributed by atoms with E-state index in [-0.39, 0.29) is 12.4 Å². The maximum atomic E-state index is 12.4. The highest BCUT2D eigenvalue weighted by atomic mass is 19.4. The third kappa shape index (κ3) is 8.19. The largest absolute Gasteiger partial charge is 0.573 e. The second-order valence-electron chi connectivity index (χ2n) is 6.86. The summed E-state index contributed by atoms with van der Waals surface area (Å²) in [5.74, 6) is 0.452. The average molecular weight is 397 g/mol. The van der Waals surface area contributed by atoms with Crippen molar-refractivity contribution in [2.45, 2.75) is 31.7 Å². The van der Waals surface area contributed by atoms with Gasteiger partial charge in [-0.2, -0.15) is 0 Å². The predicted octanol–water partition coefficient (Wildman–Crippen LogP) is 4.06. The van der Waals surface area contributed by atoms with Crippen LogP contribution in [0.25, 0.3) is 0 Å². The lowest BCUT2D eigenvalue weighted by Gasteiger charge is -2.17. The van der Waals surface area contributed by atoms with Crippen LogP contribution >= 0.6 is 0 Å². The van der Waals surface area contributed by atoms with Crippen LogP contribution in [-0.4, -0.2) is 49.7 Å². The number of ether oxygens (including phenoxy) is 2. The zero-order valence-corrected chi connectivity index (χ0v) is 16.1. The third-order valence-corrected chi connectivity index (χ3v) is 4.13. The van der Waals surface area contributed by atoms with Crippen molar-refractivity contribution in [1.82, 2.24) is 4.90 Å². The molecule has 4 nitrogen and oxygen atoms in total. The third-order valence-electron chi connectivity index (χ3n) is 4.13. The summed E-state index contributed by atoms with van der Waals surface area (Å²) >= 11 is 0. The van der Waals surface area contributed by atoms with Crippen molar-refractivity contribution in [3.63, 3.8) is 0 Å². The molecule has 0 amide bonds. The van der Waals surface area contributed by atoms with Gasteiger partial charge in [-0.1, -0.05) is 30.3 Å². The lowest BCUT2D eigenvalue weighted by Crippen LogP contribution is -2.24. The maximum absolute atomic E-state index is 12.4. The Labute approximate surface area is 163 Å². The number of hydrogen-bond acceptors (Lipinski definition) is 4. The van der Waals surface area contributed by atoms with Crippen molar-refractivity contribution in [2.75, 3.05) is 27.2 Å². The summed E-state index contributed by atoms with van der Waals surface area (Å²) in [5, 5.41) is 10.0. The van der Waals surface area contributed by atoms with E-state index in [1.165, 1.54) is 12.1 Å². The molecule has 0 fully saturated rings. The van der Waals surface area contributed by atoms with Crippen molar-refractivity contribution in [3.8, 4) is 11.5 Å². The normalized spacial score (nSPS) is 12.8. The molecule has 0 unspecified atom stereocenters. The Kier molecular flexibility index (Phi) is 8.14. The first-order chi connectivity index (χ1) is 13.2. The monoisotopic (exact) mass is 397 g/mol. The average Bonchev–Trinajstić information content (AvgIpc) is 2.62. The number of hydrogen-bond donors (Lipinski definition) is 1. The smallest absolute Gasteiger partial charge is 0.491 e. The highest BCUT2D eigenvalue weighted by Gasteiger charge is 2.31. The zero-order chi connectivity index (χ0) is 20.6. The summed E-state index contributed by atoms with van der Waals surface area (Å²) in [6, 6.07) is 13.5. The molecule has 2 aromatic rings. The lowest BCUT2D eigenvalue weighted by molar-refractivity contribution is -0.274. The summed E-state index contributed by atoms with van der Waals surface area (Å²) in [6.45, 7) is 0.961. The first-order valence-corrected chi connectivity index (χ1v) is 9.11. The highest BCUT2D eigenvalue weighted by Crippen LogP contribution is 2.25. The fourth-order valence-corrected chi connectivity index (χ4v) is 2.70. The van der Waals surface area contributed by atoms with E-state index in [9.17, 15) is 18.3 Å². The minimum atomic E-state index is -4.70. The van der Waals surface area contributed by atoms with Crippen LogP contribution in [0.15, 0.2) is 48.5 Å². The first-order valence-electron chi connectivity index (χ1n) is 9.11. The van der Waals surface area contributed by atoms with Crippen LogP contribution < -0.4 is 9.47 Å². The van der Waals surface area contributed by atoms with Crippen LogP contribution in [-0.2, 0) is 12.8 Å². The summed E-state index contributed by atoms with van der Waals surface area (Å²) in [5.41, 5.74) is 1.67. The Morgan fingerprint density at radius 3 is 2.50 bits per heavy atom. The van der Waals surface area contributed by atoms with Crippen molar-refractivity contribution < 1.29 is 27.8 Å². The number of rotatable bonds is 10. The van der Waals surface area contributed by atoms with Crippen LogP contribution in [0.1, 0.15) is 17.5 Å². The number of halogens is 3. The van der Waals surface area contributed by atoms with Crippen LogP contribution in [0.3, 0.4) is 0 Å². The van der Waals surface area contributed by atoms with E-state index in [4.69, 9.17) is 4.74 Å². The van der Waals surface area contributed by atoms with E-state index in [0.29, 0.717) is 25.0 Å². The Morgan fingerprint density at radius 2 is 1.79 bits per heavy atom. The van der Waals surface area contributed by atoms with Crippen LogP contribution in [0.2, 0.25) is 0 Å². The number of benzene rings is 2. The van der Waals surface area contributed by atoms with E-state index in [2.05, 4.69) is 4.74 Å². The van der Waals surface area contributed by atoms with Gasteiger partial charge >= 0.3 is 6.36 Å². The van der Waals surface area contributed by atoms with Gasteiger partial charge in [-0.15, -0.1) is 13.2 Å². The van der Waals surface area contributed by atoms with E-state index in [1.807, 2.05) is 43.3 Å². The number of aliphatic hydroxyl groups excluding tert-OH is 1. The molecule has 154 valence electrons. The SMILES string of the molecule is CN(C)CC[C@@H](O)COc1ccccc1CCc1cccc(OC(F)(F)F)c1. The van der Waals surface area contributed by atoms with Gasteiger partial charge in [-0.05, 0) is 62.7 Å². The summed E-state index contributed by atoms with van der Waals surface area (Å²) in [4.78, 5) is 1.99. The number of nitrogens with zero attached hydrogens (tertiary/aromatic N) is 1. The Bertz CT molecular complexity index is 735. The summed E-state index contributed by atoms with van der Waals surface area (Å²) in [7, 11) is 3.88. The standard InChI is InChI=1S/C21H26F3NO3/c1-25(2)13-12-18(26)15-27-20-9-4-3-7-17(20)11-10-16-6-5-8-19(14-16)28-21(22,23)24/h3-9,14,18,26H,10-13,15H2,1-2H3/t18-/m1/s1. The van der Waals surface area contributed by atoms with Crippen molar-refractivity contribution in [1.29, 1.82) is 0 Å². The Hall–Kier alpha value is -2.25. The molecular weight excluding hydrogens is 371 g/mol. The minimum Gasteiger partial charge on any atom is -0.491 e. The molecule has 0 aliphatic heterocycles. The first kappa shape index (κ1) is 22.0. The molecular formula is C21H26F3NO3. The molecule has 2 aromatic carbocycles. The second kappa shape index (κ2) is 10.3. The zero-order valence-electron chi connectivity index (χ0n) is 16.1. The van der Waals surface area contributed by atoms with Crippen molar-refractivity contribution in [3.05, 3.63) is 59.7 Å². The Morgan fingerprint density at radius 1 is 1.04 bits per heavy atom. The maximum Gasteiger partial charge on any atom is 0.573 e. The number of para-hydroxylation sites is 1. The predicted molar refractivity (Wildman–Crippen MR) is 102 cm³/mol. The second-order valence-corrected chi connectivity index (χ2v) is 6.86. The van der Waals surface area contributed by atoms with Crippen LogP contribution in [0.5, 0.6) is 11.5 Å². The fourth-order valence-electron chi connectivity index (χ4n) is 2.70.